The summed E-state index contributed by atoms with van der Waals surface area (Å²) in [5, 5.41) is 4.97. The summed E-state index contributed by atoms with van der Waals surface area (Å²) in [6, 6.07) is 14.9. The summed E-state index contributed by atoms with van der Waals surface area (Å²) in [7, 11) is 1.70. The van der Waals surface area contributed by atoms with Crippen LogP contribution in [0.1, 0.15) is 36.2 Å². The lowest BCUT2D eigenvalue weighted by molar-refractivity contribution is 0.294. The van der Waals surface area contributed by atoms with Gasteiger partial charge in [-0.1, -0.05) is 31.2 Å². The number of methoxy groups -OCH3 is 1. The molecule has 2 N–H and O–H groups in total. The van der Waals surface area contributed by atoms with E-state index in [0.29, 0.717) is 6.61 Å². The molecule has 130 valence electrons. The minimum Gasteiger partial charge on any atom is -0.493 e. The molecule has 0 amide bonds. The van der Waals surface area contributed by atoms with E-state index >= 15 is 0 Å². The summed E-state index contributed by atoms with van der Waals surface area (Å²) in [5.74, 6) is 1.59. The Morgan fingerprint density at radius 1 is 1.12 bits per heavy atom. The highest BCUT2D eigenvalue weighted by atomic mass is 16.5. The van der Waals surface area contributed by atoms with Gasteiger partial charge in [-0.05, 0) is 42.2 Å². The number of ether oxygens (including phenoxy) is 2. The number of fused-ring (bicyclic) bond motifs is 3. The molecule has 0 spiro atoms. The zero-order valence-corrected chi connectivity index (χ0v) is 14.8. The van der Waals surface area contributed by atoms with Crippen LogP contribution in [0.2, 0.25) is 0 Å². The van der Waals surface area contributed by atoms with Gasteiger partial charge in [-0.15, -0.1) is 0 Å². The van der Waals surface area contributed by atoms with Crippen LogP contribution in [0.4, 0.5) is 0 Å². The maximum atomic E-state index is 5.78. The zero-order valence-electron chi connectivity index (χ0n) is 14.8. The average Bonchev–Trinajstić information content (AvgIpc) is 3.05. The van der Waals surface area contributed by atoms with Gasteiger partial charge in [-0.3, -0.25) is 0 Å². The Kier molecular flexibility index (Phi) is 4.36. The van der Waals surface area contributed by atoms with Gasteiger partial charge < -0.3 is 19.8 Å². The van der Waals surface area contributed by atoms with Crippen molar-refractivity contribution in [2.24, 2.45) is 0 Å². The van der Waals surface area contributed by atoms with Crippen LogP contribution in [0, 0.1) is 0 Å². The maximum Gasteiger partial charge on any atom is 0.161 e. The first kappa shape index (κ1) is 16.0. The van der Waals surface area contributed by atoms with E-state index in [0.717, 1.165) is 30.9 Å². The smallest absolute Gasteiger partial charge is 0.161 e. The Morgan fingerprint density at radius 2 is 2.00 bits per heavy atom. The summed E-state index contributed by atoms with van der Waals surface area (Å²) in [6.07, 6.45) is 2.03. The van der Waals surface area contributed by atoms with Crippen LogP contribution in [0.15, 0.2) is 42.5 Å². The number of hydrogen-bond acceptors (Lipinski definition) is 3. The highest BCUT2D eigenvalue weighted by molar-refractivity contribution is 5.85. The quantitative estimate of drug-likeness (QED) is 0.734. The minimum atomic E-state index is 0.144. The predicted molar refractivity (Wildman–Crippen MR) is 101 cm³/mol. The number of hydrogen-bond donors (Lipinski definition) is 2. The van der Waals surface area contributed by atoms with E-state index in [-0.39, 0.29) is 6.04 Å². The number of H-pyrrole nitrogens is 1. The molecule has 1 aliphatic heterocycles. The van der Waals surface area contributed by atoms with Crippen LogP contribution >= 0.6 is 0 Å². The molecule has 0 aliphatic carbocycles. The molecule has 25 heavy (non-hydrogen) atoms. The number of aromatic nitrogens is 1. The van der Waals surface area contributed by atoms with E-state index in [9.17, 15) is 0 Å². The van der Waals surface area contributed by atoms with Gasteiger partial charge in [0.25, 0.3) is 0 Å². The third-order valence-corrected chi connectivity index (χ3v) is 4.84. The molecule has 1 atom stereocenters. The fourth-order valence-corrected chi connectivity index (χ4v) is 3.66. The van der Waals surface area contributed by atoms with E-state index in [4.69, 9.17) is 9.47 Å². The highest BCUT2D eigenvalue weighted by Gasteiger charge is 2.25. The molecule has 0 radical (unpaired) electrons. The van der Waals surface area contributed by atoms with Crippen molar-refractivity contribution in [3.63, 3.8) is 0 Å². The van der Waals surface area contributed by atoms with Gasteiger partial charge in [-0.25, -0.2) is 0 Å². The van der Waals surface area contributed by atoms with Crippen LogP contribution in [0.5, 0.6) is 11.5 Å². The van der Waals surface area contributed by atoms with Gasteiger partial charge in [0.15, 0.2) is 11.5 Å². The summed E-state index contributed by atoms with van der Waals surface area (Å²) in [6.45, 7) is 3.77. The third kappa shape index (κ3) is 2.87. The maximum absolute atomic E-state index is 5.78. The molecule has 2 heterocycles. The van der Waals surface area contributed by atoms with Gasteiger partial charge in [-0.2, -0.15) is 0 Å². The number of nitrogens with one attached hydrogen (secondary N) is 2. The van der Waals surface area contributed by atoms with Crippen LogP contribution in [-0.2, 0) is 6.42 Å². The first-order chi connectivity index (χ1) is 12.3. The second-order valence-corrected chi connectivity index (χ2v) is 6.46. The Hall–Kier alpha value is -2.46. The summed E-state index contributed by atoms with van der Waals surface area (Å²) in [5.41, 5.74) is 5.07. The Balaban J connectivity index is 1.74. The number of para-hydroxylation sites is 1. The summed E-state index contributed by atoms with van der Waals surface area (Å²) >= 11 is 0. The molecule has 0 bridgehead atoms. The Morgan fingerprint density at radius 3 is 2.84 bits per heavy atom. The molecule has 4 nitrogen and oxygen atoms in total. The van der Waals surface area contributed by atoms with Crippen molar-refractivity contribution in [3.05, 3.63) is 59.3 Å². The lowest BCUT2D eigenvalue weighted by Gasteiger charge is -2.25. The van der Waals surface area contributed by atoms with Gasteiger partial charge in [0.2, 0.25) is 0 Å². The van der Waals surface area contributed by atoms with Crippen molar-refractivity contribution >= 4 is 10.9 Å². The normalized spacial score (nSPS) is 16.6. The fraction of sp³-hybridized carbons (Fsp3) is 0.333. The number of benzene rings is 2. The Bertz CT molecular complexity index is 885. The molecular formula is C21H24N2O2. The van der Waals surface area contributed by atoms with Gasteiger partial charge in [0.05, 0.1) is 19.8 Å². The van der Waals surface area contributed by atoms with Crippen molar-refractivity contribution in [1.29, 1.82) is 0 Å². The topological polar surface area (TPSA) is 46.3 Å². The van der Waals surface area contributed by atoms with Crippen molar-refractivity contribution in [2.45, 2.75) is 25.8 Å². The molecule has 1 aromatic heterocycles. The van der Waals surface area contributed by atoms with Crippen LogP contribution in [0.25, 0.3) is 10.9 Å². The number of rotatable bonds is 5. The van der Waals surface area contributed by atoms with Crippen LogP contribution in [-0.4, -0.2) is 25.2 Å². The van der Waals surface area contributed by atoms with E-state index < -0.39 is 0 Å². The fourth-order valence-electron chi connectivity index (χ4n) is 3.66. The second kappa shape index (κ2) is 6.81. The van der Waals surface area contributed by atoms with Crippen LogP contribution in [0.3, 0.4) is 0 Å². The van der Waals surface area contributed by atoms with Crippen molar-refractivity contribution < 1.29 is 9.47 Å². The molecule has 4 heteroatoms. The van der Waals surface area contributed by atoms with E-state index in [1.54, 1.807) is 7.11 Å². The number of aromatic amines is 1. The summed E-state index contributed by atoms with van der Waals surface area (Å²) < 4.78 is 11.3. The van der Waals surface area contributed by atoms with Gasteiger partial charge in [0.1, 0.15) is 0 Å². The van der Waals surface area contributed by atoms with Crippen molar-refractivity contribution in [2.75, 3.05) is 20.3 Å². The first-order valence-corrected chi connectivity index (χ1v) is 8.95. The van der Waals surface area contributed by atoms with Gasteiger partial charge >= 0.3 is 0 Å². The lowest BCUT2D eigenvalue weighted by atomic mass is 9.94. The van der Waals surface area contributed by atoms with Gasteiger partial charge in [0, 0.05) is 23.1 Å². The van der Waals surface area contributed by atoms with E-state index in [1.807, 2.05) is 6.07 Å². The lowest BCUT2D eigenvalue weighted by Crippen LogP contribution is -2.30. The first-order valence-electron chi connectivity index (χ1n) is 8.95. The largest absolute Gasteiger partial charge is 0.493 e. The second-order valence-electron chi connectivity index (χ2n) is 6.46. The molecule has 0 unspecified atom stereocenters. The average molecular weight is 336 g/mol. The summed E-state index contributed by atoms with van der Waals surface area (Å²) in [4.78, 5) is 3.62. The Labute approximate surface area is 148 Å². The monoisotopic (exact) mass is 336 g/mol. The van der Waals surface area contributed by atoms with E-state index in [2.05, 4.69) is 53.6 Å². The minimum absolute atomic E-state index is 0.144. The predicted octanol–water partition coefficient (Wildman–Crippen LogP) is 4.20. The SMILES string of the molecule is CCCOc1ccc([C@@H]2NCCc3c2[nH]c2ccccc32)cc1OC. The molecule has 0 fully saturated rings. The standard InChI is InChI=1S/C21H24N2O2/c1-3-12-25-18-9-8-14(13-19(18)24-2)20-21-16(10-11-22-20)15-6-4-5-7-17(15)23-21/h4-9,13,20,22-23H,3,10-12H2,1-2H3/t20-/m0/s1. The zero-order chi connectivity index (χ0) is 17.2. The van der Waals surface area contributed by atoms with E-state index in [1.165, 1.54) is 27.7 Å². The highest BCUT2D eigenvalue weighted by Crippen LogP contribution is 2.36. The molecular weight excluding hydrogens is 312 g/mol. The molecule has 1 aliphatic rings. The van der Waals surface area contributed by atoms with Crippen molar-refractivity contribution in [3.8, 4) is 11.5 Å². The third-order valence-electron chi connectivity index (χ3n) is 4.84. The molecule has 3 aromatic rings. The molecule has 4 rings (SSSR count). The molecule has 2 aromatic carbocycles. The molecule has 0 saturated carbocycles. The van der Waals surface area contributed by atoms with Crippen LogP contribution < -0.4 is 14.8 Å². The molecule has 0 saturated heterocycles. The van der Waals surface area contributed by atoms with Crippen molar-refractivity contribution in [1.82, 2.24) is 10.3 Å².